The average molecular weight is 289 g/mol. The summed E-state index contributed by atoms with van der Waals surface area (Å²) in [6.07, 6.45) is 0.956. The van der Waals surface area contributed by atoms with Gasteiger partial charge in [0.15, 0.2) is 0 Å². The van der Waals surface area contributed by atoms with Crippen LogP contribution in [-0.2, 0) is 6.42 Å². The number of para-hydroxylation sites is 1. The lowest BCUT2D eigenvalue weighted by atomic mass is 10.0. The summed E-state index contributed by atoms with van der Waals surface area (Å²) in [6.45, 7) is 7.50. The van der Waals surface area contributed by atoms with E-state index in [4.69, 9.17) is 4.74 Å². The second-order valence-corrected chi connectivity index (χ2v) is 6.30. The fraction of sp³-hybridized carbons (Fsp3) is 0.412. The van der Waals surface area contributed by atoms with Gasteiger partial charge >= 0.3 is 0 Å². The first kappa shape index (κ1) is 15.1. The zero-order valence-electron chi connectivity index (χ0n) is 12.7. The molecule has 0 bridgehead atoms. The summed E-state index contributed by atoms with van der Waals surface area (Å²) in [7, 11) is 1.74. The third-order valence-electron chi connectivity index (χ3n) is 3.60. The van der Waals surface area contributed by atoms with Gasteiger partial charge in [0.25, 0.3) is 0 Å². The van der Waals surface area contributed by atoms with E-state index in [-0.39, 0.29) is 0 Å². The van der Waals surface area contributed by atoms with E-state index in [1.165, 1.54) is 20.9 Å². The Bertz CT molecular complexity index is 542. The van der Waals surface area contributed by atoms with Gasteiger partial charge in [-0.05, 0) is 50.1 Å². The van der Waals surface area contributed by atoms with Crippen molar-refractivity contribution in [3.63, 3.8) is 0 Å². The highest BCUT2D eigenvalue weighted by Crippen LogP contribution is 2.30. The summed E-state index contributed by atoms with van der Waals surface area (Å²) in [5, 5.41) is 3.59. The van der Waals surface area contributed by atoms with Gasteiger partial charge in [-0.25, -0.2) is 0 Å². The lowest BCUT2D eigenvalue weighted by Crippen LogP contribution is -2.22. The largest absolute Gasteiger partial charge is 0.496 e. The second kappa shape index (κ2) is 6.91. The van der Waals surface area contributed by atoms with Crippen LogP contribution in [0.1, 0.15) is 33.8 Å². The van der Waals surface area contributed by atoms with Crippen LogP contribution in [0.2, 0.25) is 0 Å². The van der Waals surface area contributed by atoms with Crippen molar-refractivity contribution in [3.8, 4) is 5.75 Å². The lowest BCUT2D eigenvalue weighted by molar-refractivity contribution is 0.406. The average Bonchev–Trinajstić information content (AvgIpc) is 2.79. The highest BCUT2D eigenvalue weighted by atomic mass is 32.1. The number of hydrogen-bond donors (Lipinski definition) is 1. The van der Waals surface area contributed by atoms with E-state index in [2.05, 4.69) is 44.3 Å². The SMILES string of the molecule is CCNC(Cc1ccccc1OC)c1cc(C)c(C)s1. The molecule has 0 saturated heterocycles. The Morgan fingerprint density at radius 2 is 2.00 bits per heavy atom. The van der Waals surface area contributed by atoms with Crippen molar-refractivity contribution in [3.05, 3.63) is 51.2 Å². The van der Waals surface area contributed by atoms with E-state index in [9.17, 15) is 0 Å². The van der Waals surface area contributed by atoms with Crippen LogP contribution in [0.3, 0.4) is 0 Å². The molecule has 1 atom stereocenters. The van der Waals surface area contributed by atoms with Crippen molar-refractivity contribution >= 4 is 11.3 Å². The molecule has 0 spiro atoms. The molecule has 108 valence electrons. The highest BCUT2D eigenvalue weighted by molar-refractivity contribution is 7.12. The van der Waals surface area contributed by atoms with Crippen LogP contribution >= 0.6 is 11.3 Å². The number of benzene rings is 1. The summed E-state index contributed by atoms with van der Waals surface area (Å²) >= 11 is 1.89. The molecule has 0 aliphatic carbocycles. The van der Waals surface area contributed by atoms with Crippen LogP contribution in [0.15, 0.2) is 30.3 Å². The molecule has 2 rings (SSSR count). The molecule has 1 unspecified atom stereocenters. The van der Waals surface area contributed by atoms with Crippen molar-refractivity contribution in [1.29, 1.82) is 0 Å². The number of ether oxygens (including phenoxy) is 1. The maximum absolute atomic E-state index is 5.46. The molecule has 20 heavy (non-hydrogen) atoms. The van der Waals surface area contributed by atoms with Crippen molar-refractivity contribution < 1.29 is 4.74 Å². The lowest BCUT2D eigenvalue weighted by Gasteiger charge is -2.18. The number of nitrogens with one attached hydrogen (secondary N) is 1. The number of aryl methyl sites for hydroxylation is 2. The smallest absolute Gasteiger partial charge is 0.122 e. The van der Waals surface area contributed by atoms with Crippen LogP contribution in [0, 0.1) is 13.8 Å². The summed E-state index contributed by atoms with van der Waals surface area (Å²) in [6, 6.07) is 10.9. The van der Waals surface area contributed by atoms with E-state index < -0.39 is 0 Å². The molecule has 1 heterocycles. The predicted molar refractivity (Wildman–Crippen MR) is 86.9 cm³/mol. The van der Waals surface area contributed by atoms with Gasteiger partial charge in [0.2, 0.25) is 0 Å². The molecule has 0 aliphatic rings. The zero-order valence-corrected chi connectivity index (χ0v) is 13.5. The molecule has 0 saturated carbocycles. The Balaban J connectivity index is 2.25. The number of rotatable bonds is 6. The van der Waals surface area contributed by atoms with Gasteiger partial charge in [0.05, 0.1) is 7.11 Å². The molecule has 3 heteroatoms. The Hall–Kier alpha value is -1.32. The van der Waals surface area contributed by atoms with Gasteiger partial charge in [-0.2, -0.15) is 0 Å². The second-order valence-electron chi connectivity index (χ2n) is 5.01. The molecular formula is C17H23NOS. The molecule has 2 nitrogen and oxygen atoms in total. The molecule has 0 aliphatic heterocycles. The van der Waals surface area contributed by atoms with E-state index in [0.29, 0.717) is 6.04 Å². The van der Waals surface area contributed by atoms with E-state index in [0.717, 1.165) is 18.7 Å². The van der Waals surface area contributed by atoms with Crippen LogP contribution < -0.4 is 10.1 Å². The van der Waals surface area contributed by atoms with Crippen LogP contribution in [-0.4, -0.2) is 13.7 Å². The Labute approximate surface area is 125 Å². The van der Waals surface area contributed by atoms with Gasteiger partial charge in [0.1, 0.15) is 5.75 Å². The van der Waals surface area contributed by atoms with Crippen LogP contribution in [0.5, 0.6) is 5.75 Å². The van der Waals surface area contributed by atoms with E-state index >= 15 is 0 Å². The standard InChI is InChI=1S/C17H23NOS/c1-5-18-15(17-10-12(2)13(3)20-17)11-14-8-6-7-9-16(14)19-4/h6-10,15,18H,5,11H2,1-4H3. The van der Waals surface area contributed by atoms with Gasteiger partial charge in [0, 0.05) is 15.8 Å². The van der Waals surface area contributed by atoms with Gasteiger partial charge in [-0.15, -0.1) is 11.3 Å². The number of thiophene rings is 1. The van der Waals surface area contributed by atoms with E-state index in [1.54, 1.807) is 7.11 Å². The Morgan fingerprint density at radius 3 is 2.60 bits per heavy atom. The van der Waals surface area contributed by atoms with Crippen molar-refractivity contribution in [2.24, 2.45) is 0 Å². The van der Waals surface area contributed by atoms with Crippen molar-refractivity contribution in [1.82, 2.24) is 5.32 Å². The summed E-state index contributed by atoms with van der Waals surface area (Å²) in [5.41, 5.74) is 2.64. The highest BCUT2D eigenvalue weighted by Gasteiger charge is 2.16. The topological polar surface area (TPSA) is 21.3 Å². The molecular weight excluding hydrogens is 266 g/mol. The van der Waals surface area contributed by atoms with Gasteiger partial charge in [-0.1, -0.05) is 25.1 Å². The zero-order chi connectivity index (χ0) is 14.5. The van der Waals surface area contributed by atoms with Crippen LogP contribution in [0.4, 0.5) is 0 Å². The van der Waals surface area contributed by atoms with Crippen LogP contribution in [0.25, 0.3) is 0 Å². The molecule has 1 aromatic heterocycles. The maximum atomic E-state index is 5.46. The molecule has 1 N–H and O–H groups in total. The quantitative estimate of drug-likeness (QED) is 0.857. The third kappa shape index (κ3) is 3.41. The minimum atomic E-state index is 0.355. The summed E-state index contributed by atoms with van der Waals surface area (Å²) in [4.78, 5) is 2.82. The van der Waals surface area contributed by atoms with Crippen molar-refractivity contribution in [2.45, 2.75) is 33.2 Å². The molecule has 0 fully saturated rings. The number of hydrogen-bond acceptors (Lipinski definition) is 3. The number of methoxy groups -OCH3 is 1. The van der Waals surface area contributed by atoms with Gasteiger partial charge < -0.3 is 10.1 Å². The third-order valence-corrected chi connectivity index (χ3v) is 4.86. The molecule has 0 amide bonds. The fourth-order valence-electron chi connectivity index (χ4n) is 2.38. The fourth-order valence-corrected chi connectivity index (χ4v) is 3.50. The summed E-state index contributed by atoms with van der Waals surface area (Å²) < 4.78 is 5.46. The first-order chi connectivity index (χ1) is 9.65. The monoisotopic (exact) mass is 289 g/mol. The minimum Gasteiger partial charge on any atom is -0.496 e. The Morgan fingerprint density at radius 1 is 1.25 bits per heavy atom. The predicted octanol–water partition coefficient (Wildman–Crippen LogP) is 4.27. The van der Waals surface area contributed by atoms with E-state index in [1.807, 2.05) is 23.5 Å². The molecule has 0 radical (unpaired) electrons. The summed E-state index contributed by atoms with van der Waals surface area (Å²) in [5.74, 6) is 0.973. The molecule has 1 aromatic carbocycles. The number of likely N-dealkylation sites (N-methyl/N-ethyl adjacent to an activating group) is 1. The normalized spacial score (nSPS) is 12.4. The maximum Gasteiger partial charge on any atom is 0.122 e. The van der Waals surface area contributed by atoms with Gasteiger partial charge in [-0.3, -0.25) is 0 Å². The molecule has 2 aromatic rings. The Kier molecular flexibility index (Phi) is 5.21. The van der Waals surface area contributed by atoms with Crippen molar-refractivity contribution in [2.75, 3.05) is 13.7 Å². The minimum absolute atomic E-state index is 0.355. The first-order valence-corrected chi connectivity index (χ1v) is 7.89. The first-order valence-electron chi connectivity index (χ1n) is 7.08.